The molecule has 2 atom stereocenters. The van der Waals surface area contributed by atoms with Crippen LogP contribution < -0.4 is 5.43 Å². The summed E-state index contributed by atoms with van der Waals surface area (Å²) in [5, 5.41) is 35.1. The SMILES string of the molecule is C[C@H]1CCC[C@H](CCC#N)C1=NNc1ccc([N+](=O)[O-])cc1[N+](=O)[O-]. The second kappa shape index (κ2) is 8.19. The summed E-state index contributed by atoms with van der Waals surface area (Å²) in [6.07, 6.45) is 4.13. The maximum absolute atomic E-state index is 11.2. The summed E-state index contributed by atoms with van der Waals surface area (Å²) >= 11 is 0. The number of rotatable bonds is 6. The summed E-state index contributed by atoms with van der Waals surface area (Å²) in [5.74, 6) is 0.398. The van der Waals surface area contributed by atoms with Gasteiger partial charge < -0.3 is 0 Å². The highest BCUT2D eigenvalue weighted by atomic mass is 16.6. The van der Waals surface area contributed by atoms with Crippen molar-refractivity contribution in [3.05, 3.63) is 38.4 Å². The van der Waals surface area contributed by atoms with Crippen molar-refractivity contribution in [2.24, 2.45) is 16.9 Å². The van der Waals surface area contributed by atoms with Crippen LogP contribution in [0.4, 0.5) is 17.1 Å². The fourth-order valence-corrected chi connectivity index (χ4v) is 3.11. The van der Waals surface area contributed by atoms with E-state index in [0.29, 0.717) is 12.8 Å². The smallest absolute Gasteiger partial charge is 0.272 e. The highest BCUT2D eigenvalue weighted by Crippen LogP contribution is 2.32. The lowest BCUT2D eigenvalue weighted by atomic mass is 9.78. The maximum Gasteiger partial charge on any atom is 0.301 e. The van der Waals surface area contributed by atoms with E-state index in [1.54, 1.807) is 0 Å². The van der Waals surface area contributed by atoms with Gasteiger partial charge >= 0.3 is 5.69 Å². The van der Waals surface area contributed by atoms with Crippen LogP contribution in [0, 0.1) is 43.4 Å². The zero-order valence-electron chi connectivity index (χ0n) is 13.8. The molecular formula is C16H19N5O4. The van der Waals surface area contributed by atoms with Gasteiger partial charge in [-0.05, 0) is 31.2 Å². The van der Waals surface area contributed by atoms with Crippen LogP contribution in [0.3, 0.4) is 0 Å². The third-order valence-electron chi connectivity index (χ3n) is 4.41. The Labute approximate surface area is 144 Å². The number of nitrogens with zero attached hydrogens (tertiary/aromatic N) is 4. The van der Waals surface area contributed by atoms with Gasteiger partial charge in [-0.25, -0.2) is 0 Å². The quantitative estimate of drug-likeness (QED) is 0.611. The van der Waals surface area contributed by atoms with E-state index in [9.17, 15) is 20.2 Å². The summed E-state index contributed by atoms with van der Waals surface area (Å²) in [6, 6.07) is 5.54. The molecule has 25 heavy (non-hydrogen) atoms. The van der Waals surface area contributed by atoms with E-state index < -0.39 is 15.5 Å². The monoisotopic (exact) mass is 345 g/mol. The van der Waals surface area contributed by atoms with Gasteiger partial charge in [0.2, 0.25) is 0 Å². The van der Waals surface area contributed by atoms with Gasteiger partial charge in [0, 0.05) is 24.1 Å². The Balaban J connectivity index is 2.27. The van der Waals surface area contributed by atoms with E-state index in [-0.39, 0.29) is 23.2 Å². The van der Waals surface area contributed by atoms with E-state index in [1.165, 1.54) is 12.1 Å². The Morgan fingerprint density at radius 3 is 2.72 bits per heavy atom. The predicted molar refractivity (Wildman–Crippen MR) is 92.2 cm³/mol. The molecule has 0 saturated heterocycles. The summed E-state index contributed by atoms with van der Waals surface area (Å²) < 4.78 is 0. The Morgan fingerprint density at radius 1 is 1.32 bits per heavy atom. The number of hydrazone groups is 1. The Morgan fingerprint density at radius 2 is 2.08 bits per heavy atom. The Bertz CT molecular complexity index is 741. The first-order valence-electron chi connectivity index (χ1n) is 8.07. The number of benzene rings is 1. The molecule has 0 spiro atoms. The van der Waals surface area contributed by atoms with Crippen molar-refractivity contribution in [1.29, 1.82) is 5.26 Å². The fraction of sp³-hybridized carbons (Fsp3) is 0.500. The van der Waals surface area contributed by atoms with E-state index in [0.717, 1.165) is 31.0 Å². The second-order valence-electron chi connectivity index (χ2n) is 6.09. The van der Waals surface area contributed by atoms with E-state index >= 15 is 0 Å². The number of hydrogen-bond donors (Lipinski definition) is 1. The van der Waals surface area contributed by atoms with Crippen LogP contribution in [0.1, 0.15) is 39.0 Å². The molecule has 0 radical (unpaired) electrons. The lowest BCUT2D eigenvalue weighted by Crippen LogP contribution is -2.27. The average molecular weight is 345 g/mol. The number of nitrogens with one attached hydrogen (secondary N) is 1. The minimum Gasteiger partial charge on any atom is -0.272 e. The van der Waals surface area contributed by atoms with Crippen LogP contribution in [0.25, 0.3) is 0 Å². The normalized spacial score (nSPS) is 21.5. The summed E-state index contributed by atoms with van der Waals surface area (Å²) in [7, 11) is 0. The topological polar surface area (TPSA) is 134 Å². The lowest BCUT2D eigenvalue weighted by Gasteiger charge is -2.28. The standard InChI is InChI=1S/C16H19N5O4/c1-11-4-2-5-12(6-3-9-17)16(11)19-18-14-8-7-13(20(22)23)10-15(14)21(24)25/h7-8,10-12,18H,2-6H2,1H3/t11-,12+/m0/s1. The van der Waals surface area contributed by atoms with Crippen LogP contribution in [0.15, 0.2) is 23.3 Å². The summed E-state index contributed by atoms with van der Waals surface area (Å²) in [4.78, 5) is 20.6. The summed E-state index contributed by atoms with van der Waals surface area (Å²) in [5.41, 5.74) is 2.98. The molecule has 1 aliphatic carbocycles. The molecule has 1 N–H and O–H groups in total. The maximum atomic E-state index is 11.2. The van der Waals surface area contributed by atoms with E-state index in [2.05, 4.69) is 16.6 Å². The van der Waals surface area contributed by atoms with Crippen LogP contribution in [-0.2, 0) is 0 Å². The largest absolute Gasteiger partial charge is 0.301 e. The first kappa shape index (κ1) is 18.3. The zero-order valence-corrected chi connectivity index (χ0v) is 13.8. The number of nitriles is 1. The predicted octanol–water partition coefficient (Wildman–Crippen LogP) is 4.01. The lowest BCUT2D eigenvalue weighted by molar-refractivity contribution is -0.393. The molecule has 0 bridgehead atoms. The van der Waals surface area contributed by atoms with Crippen LogP contribution >= 0.6 is 0 Å². The van der Waals surface area contributed by atoms with Gasteiger partial charge in [0.25, 0.3) is 5.69 Å². The van der Waals surface area contributed by atoms with Gasteiger partial charge in [0.1, 0.15) is 5.69 Å². The van der Waals surface area contributed by atoms with Gasteiger partial charge in [0.15, 0.2) is 0 Å². The third kappa shape index (κ3) is 4.50. The highest BCUT2D eigenvalue weighted by Gasteiger charge is 2.27. The van der Waals surface area contributed by atoms with Crippen molar-refractivity contribution >= 4 is 22.8 Å². The first-order valence-corrected chi connectivity index (χ1v) is 8.07. The van der Waals surface area contributed by atoms with Crippen molar-refractivity contribution in [1.82, 2.24) is 0 Å². The van der Waals surface area contributed by atoms with Gasteiger partial charge in [-0.3, -0.25) is 25.7 Å². The molecule has 0 aliphatic heterocycles. The molecule has 0 aromatic heterocycles. The highest BCUT2D eigenvalue weighted by molar-refractivity contribution is 5.90. The van der Waals surface area contributed by atoms with Crippen LogP contribution in [0.2, 0.25) is 0 Å². The Hall–Kier alpha value is -3.02. The molecule has 9 heteroatoms. The minimum atomic E-state index is -0.677. The first-order chi connectivity index (χ1) is 11.9. The van der Waals surface area contributed by atoms with Crippen molar-refractivity contribution in [2.75, 3.05) is 5.43 Å². The Kier molecular flexibility index (Phi) is 6.00. The number of nitro benzene ring substituents is 2. The van der Waals surface area contributed by atoms with Gasteiger partial charge in [-0.15, -0.1) is 0 Å². The van der Waals surface area contributed by atoms with Crippen molar-refractivity contribution < 1.29 is 9.85 Å². The molecule has 0 amide bonds. The third-order valence-corrected chi connectivity index (χ3v) is 4.41. The molecular weight excluding hydrogens is 326 g/mol. The van der Waals surface area contributed by atoms with Gasteiger partial charge in [-0.2, -0.15) is 10.4 Å². The molecule has 2 rings (SSSR count). The summed E-state index contributed by atoms with van der Waals surface area (Å²) in [6.45, 7) is 2.04. The van der Waals surface area contributed by atoms with Crippen molar-refractivity contribution in [3.63, 3.8) is 0 Å². The molecule has 1 saturated carbocycles. The second-order valence-corrected chi connectivity index (χ2v) is 6.09. The van der Waals surface area contributed by atoms with Gasteiger partial charge in [0.05, 0.1) is 22.0 Å². The van der Waals surface area contributed by atoms with Crippen LogP contribution in [0.5, 0.6) is 0 Å². The van der Waals surface area contributed by atoms with E-state index in [1.807, 2.05) is 6.92 Å². The van der Waals surface area contributed by atoms with Crippen LogP contribution in [-0.4, -0.2) is 15.6 Å². The fourth-order valence-electron chi connectivity index (χ4n) is 3.11. The molecule has 1 aliphatic rings. The van der Waals surface area contributed by atoms with Gasteiger partial charge in [-0.1, -0.05) is 13.3 Å². The molecule has 132 valence electrons. The molecule has 0 unspecified atom stereocenters. The van der Waals surface area contributed by atoms with E-state index in [4.69, 9.17) is 5.26 Å². The number of hydrogen-bond acceptors (Lipinski definition) is 7. The minimum absolute atomic E-state index is 0.111. The average Bonchev–Trinajstić information content (AvgIpc) is 2.58. The molecule has 0 heterocycles. The molecule has 1 aromatic carbocycles. The number of anilines is 1. The molecule has 1 fully saturated rings. The van der Waals surface area contributed by atoms with Crippen molar-refractivity contribution in [3.8, 4) is 6.07 Å². The molecule has 1 aromatic rings. The number of nitro groups is 2. The molecule has 9 nitrogen and oxygen atoms in total. The number of non-ortho nitro benzene ring substituents is 1. The zero-order chi connectivity index (χ0) is 18.4. The van der Waals surface area contributed by atoms with Crippen molar-refractivity contribution in [2.45, 2.75) is 39.0 Å².